The van der Waals surface area contributed by atoms with Crippen molar-refractivity contribution in [2.75, 3.05) is 33.4 Å². The average Bonchev–Trinajstić information content (AvgIpc) is 2.54. The molecular weight excluding hydrogens is 294 g/mol. The van der Waals surface area contributed by atoms with Gasteiger partial charge in [-0.05, 0) is 48.3 Å². The van der Waals surface area contributed by atoms with E-state index in [4.69, 9.17) is 9.47 Å². The van der Waals surface area contributed by atoms with E-state index in [1.54, 1.807) is 14.0 Å². The second-order valence-electron chi connectivity index (χ2n) is 6.07. The number of rotatable bonds is 5. The Morgan fingerprint density at radius 1 is 1.43 bits per heavy atom. The zero-order valence-electron chi connectivity index (χ0n) is 13.6. The van der Waals surface area contributed by atoms with E-state index < -0.39 is 12.0 Å². The Bertz CT molecular complexity index is 625. The van der Waals surface area contributed by atoms with Crippen LogP contribution in [-0.4, -0.2) is 55.4 Å². The first-order valence-electron chi connectivity index (χ1n) is 8.08. The highest BCUT2D eigenvalue weighted by atomic mass is 16.5. The molecule has 23 heavy (non-hydrogen) atoms. The molecular formula is C18H23NO4. The molecule has 1 heterocycles. The Labute approximate surface area is 136 Å². The molecule has 1 aliphatic carbocycles. The van der Waals surface area contributed by atoms with Gasteiger partial charge >= 0.3 is 5.97 Å². The van der Waals surface area contributed by atoms with Gasteiger partial charge in [0.2, 0.25) is 0 Å². The zero-order chi connectivity index (χ0) is 16.4. The Balaban J connectivity index is 1.63. The van der Waals surface area contributed by atoms with Crippen LogP contribution >= 0.6 is 0 Å². The summed E-state index contributed by atoms with van der Waals surface area (Å²) in [4.78, 5) is 14.2. The van der Waals surface area contributed by atoms with Crippen molar-refractivity contribution in [1.82, 2.24) is 4.90 Å². The first kappa shape index (κ1) is 16.0. The van der Waals surface area contributed by atoms with Gasteiger partial charge in [-0.15, -0.1) is 0 Å². The van der Waals surface area contributed by atoms with Crippen LogP contribution in [0.15, 0.2) is 18.2 Å². The fourth-order valence-corrected chi connectivity index (χ4v) is 3.26. The normalized spacial score (nSPS) is 23.5. The number of aliphatic hydroxyl groups excluding tert-OH is 1. The number of methoxy groups -OCH3 is 1. The quantitative estimate of drug-likeness (QED) is 0.839. The molecule has 1 aliphatic heterocycles. The van der Waals surface area contributed by atoms with E-state index in [1.807, 2.05) is 12.1 Å². The van der Waals surface area contributed by atoms with Gasteiger partial charge in [0, 0.05) is 19.6 Å². The molecule has 1 N–H and O–H groups in total. The van der Waals surface area contributed by atoms with Crippen molar-refractivity contribution in [3.63, 3.8) is 0 Å². The van der Waals surface area contributed by atoms with E-state index in [0.29, 0.717) is 19.6 Å². The van der Waals surface area contributed by atoms with Crippen LogP contribution in [0.2, 0.25) is 0 Å². The number of fused-ring (bicyclic) bond motifs is 1. The number of ether oxygens (including phenoxy) is 2. The lowest BCUT2D eigenvalue weighted by Crippen LogP contribution is -2.47. The molecule has 0 aromatic heterocycles. The van der Waals surface area contributed by atoms with E-state index in [2.05, 4.69) is 17.0 Å². The highest BCUT2D eigenvalue weighted by Gasteiger charge is 2.35. The van der Waals surface area contributed by atoms with Crippen LogP contribution in [0.1, 0.15) is 24.5 Å². The summed E-state index contributed by atoms with van der Waals surface area (Å²) >= 11 is 0. The smallest absolute Gasteiger partial charge is 0.312 e. The van der Waals surface area contributed by atoms with Gasteiger partial charge in [0.15, 0.2) is 0 Å². The number of carbonyl (C=O) groups excluding carboxylic acids is 1. The Hall–Kier alpha value is -1.85. The van der Waals surface area contributed by atoms with Gasteiger partial charge in [0.05, 0.1) is 25.7 Å². The number of hydrogen-bond donors (Lipinski definition) is 1. The van der Waals surface area contributed by atoms with Crippen molar-refractivity contribution in [2.45, 2.75) is 19.4 Å². The number of benzene rings is 1. The lowest BCUT2D eigenvalue weighted by atomic mass is 9.87. The second kappa shape index (κ2) is 6.72. The molecule has 2 aliphatic rings. The van der Waals surface area contributed by atoms with Gasteiger partial charge in [0.1, 0.15) is 5.75 Å². The van der Waals surface area contributed by atoms with Gasteiger partial charge in [-0.25, -0.2) is 0 Å². The van der Waals surface area contributed by atoms with E-state index >= 15 is 0 Å². The highest BCUT2D eigenvalue weighted by molar-refractivity contribution is 5.96. The van der Waals surface area contributed by atoms with E-state index in [0.717, 1.165) is 18.8 Å². The molecule has 5 heteroatoms. The largest absolute Gasteiger partial charge is 0.497 e. The minimum atomic E-state index is -0.604. The molecule has 0 bridgehead atoms. The number of piperidine rings is 1. The topological polar surface area (TPSA) is 59.0 Å². The third-order valence-electron chi connectivity index (χ3n) is 4.58. The van der Waals surface area contributed by atoms with Crippen molar-refractivity contribution in [3.05, 3.63) is 29.3 Å². The summed E-state index contributed by atoms with van der Waals surface area (Å²) in [5.74, 6) is 0.108. The van der Waals surface area contributed by atoms with Crippen LogP contribution in [0.4, 0.5) is 0 Å². The van der Waals surface area contributed by atoms with E-state index in [1.165, 1.54) is 16.7 Å². The summed E-state index contributed by atoms with van der Waals surface area (Å²) in [6, 6.07) is 6.06. The molecule has 0 saturated carbocycles. The van der Waals surface area contributed by atoms with Gasteiger partial charge in [-0.3, -0.25) is 9.69 Å². The SMILES string of the molecule is CCOC(=O)[C@H]1CN(CC2=Cc3ccc(OC)cc32)CC[C@@H]1O. The van der Waals surface area contributed by atoms with Gasteiger partial charge < -0.3 is 14.6 Å². The fraction of sp³-hybridized carbons (Fsp3) is 0.500. The molecule has 1 aromatic carbocycles. The summed E-state index contributed by atoms with van der Waals surface area (Å²) in [5.41, 5.74) is 3.68. The predicted octanol–water partition coefficient (Wildman–Crippen LogP) is 1.80. The van der Waals surface area contributed by atoms with Gasteiger partial charge in [-0.2, -0.15) is 0 Å². The van der Waals surface area contributed by atoms with E-state index in [-0.39, 0.29) is 5.97 Å². The van der Waals surface area contributed by atoms with Crippen LogP contribution in [-0.2, 0) is 9.53 Å². The minimum Gasteiger partial charge on any atom is -0.497 e. The van der Waals surface area contributed by atoms with E-state index in [9.17, 15) is 9.90 Å². The molecule has 1 saturated heterocycles. The molecule has 0 amide bonds. The van der Waals surface area contributed by atoms with Gasteiger partial charge in [0.25, 0.3) is 0 Å². The maximum absolute atomic E-state index is 12.0. The van der Waals surface area contributed by atoms with Crippen LogP contribution in [0, 0.1) is 5.92 Å². The summed E-state index contributed by atoms with van der Waals surface area (Å²) in [7, 11) is 1.67. The molecule has 2 atom stereocenters. The second-order valence-corrected chi connectivity index (χ2v) is 6.07. The monoisotopic (exact) mass is 317 g/mol. The van der Waals surface area contributed by atoms with Crippen LogP contribution < -0.4 is 4.74 Å². The maximum atomic E-state index is 12.0. The highest BCUT2D eigenvalue weighted by Crippen LogP contribution is 2.36. The number of carbonyl (C=O) groups is 1. The molecule has 1 aromatic rings. The first-order valence-corrected chi connectivity index (χ1v) is 8.08. The first-order chi connectivity index (χ1) is 11.1. The van der Waals surface area contributed by atoms with Crippen LogP contribution in [0.5, 0.6) is 5.75 Å². The summed E-state index contributed by atoms with van der Waals surface area (Å²) in [6.07, 6.45) is 2.16. The zero-order valence-corrected chi connectivity index (χ0v) is 13.6. The average molecular weight is 317 g/mol. The number of nitrogens with zero attached hydrogens (tertiary/aromatic N) is 1. The maximum Gasteiger partial charge on any atom is 0.312 e. The molecule has 5 nitrogen and oxygen atoms in total. The Morgan fingerprint density at radius 2 is 2.26 bits per heavy atom. The summed E-state index contributed by atoms with van der Waals surface area (Å²) in [5, 5.41) is 10.1. The van der Waals surface area contributed by atoms with Crippen molar-refractivity contribution < 1.29 is 19.4 Å². The third-order valence-corrected chi connectivity index (χ3v) is 4.58. The van der Waals surface area contributed by atoms with Crippen molar-refractivity contribution in [3.8, 4) is 5.75 Å². The van der Waals surface area contributed by atoms with Crippen molar-refractivity contribution in [2.24, 2.45) is 5.92 Å². The predicted molar refractivity (Wildman–Crippen MR) is 88.1 cm³/mol. The fourth-order valence-electron chi connectivity index (χ4n) is 3.26. The number of aliphatic hydroxyl groups is 1. The lowest BCUT2D eigenvalue weighted by Gasteiger charge is -2.36. The number of esters is 1. The molecule has 0 radical (unpaired) electrons. The van der Waals surface area contributed by atoms with Crippen molar-refractivity contribution in [1.29, 1.82) is 0 Å². The molecule has 0 spiro atoms. The Kier molecular flexibility index (Phi) is 4.68. The van der Waals surface area contributed by atoms with Crippen molar-refractivity contribution >= 4 is 17.6 Å². The summed E-state index contributed by atoms with van der Waals surface area (Å²) in [6.45, 7) is 4.24. The molecule has 0 unspecified atom stereocenters. The standard InChI is InChI=1S/C18H23NO4/c1-3-23-18(21)16-11-19(7-6-17(16)20)10-13-8-12-4-5-14(22-2)9-15(12)13/h4-5,8-9,16-17,20H,3,6-7,10-11H2,1-2H3/t16-,17-/m0/s1. The number of likely N-dealkylation sites (tertiary alicyclic amines) is 1. The summed E-state index contributed by atoms with van der Waals surface area (Å²) < 4.78 is 10.4. The van der Waals surface area contributed by atoms with Crippen LogP contribution in [0.3, 0.4) is 0 Å². The molecule has 124 valence electrons. The Morgan fingerprint density at radius 3 is 3.00 bits per heavy atom. The van der Waals surface area contributed by atoms with Crippen LogP contribution in [0.25, 0.3) is 11.6 Å². The lowest BCUT2D eigenvalue weighted by molar-refractivity contribution is -0.155. The molecule has 3 rings (SSSR count). The third kappa shape index (κ3) is 3.26. The van der Waals surface area contributed by atoms with Gasteiger partial charge in [-0.1, -0.05) is 6.07 Å². The molecule has 1 fully saturated rings. The number of hydrogen-bond acceptors (Lipinski definition) is 5. The minimum absolute atomic E-state index is 0.297.